The lowest BCUT2D eigenvalue weighted by Crippen LogP contribution is -2.46. The summed E-state index contributed by atoms with van der Waals surface area (Å²) in [5.41, 5.74) is -0.0251. The standard InChI is InChI=1S/C27H43N3O4/c1-26(2,22-10-14-28-15-11-22)33-24(31)19-30(18-21-8-6-5-7-9-21)20-25(32)34-27(3,4)23-12-16-29-17-13-23/h5-9,22-23,28-29H,10-20H2,1-4H3. The van der Waals surface area contributed by atoms with E-state index < -0.39 is 11.2 Å². The molecule has 1 aromatic rings. The summed E-state index contributed by atoms with van der Waals surface area (Å²) in [6.07, 6.45) is 3.97. The van der Waals surface area contributed by atoms with E-state index in [2.05, 4.69) is 10.6 Å². The molecule has 1 aromatic carbocycles. The number of ether oxygens (including phenoxy) is 2. The van der Waals surface area contributed by atoms with Crippen molar-refractivity contribution in [3.8, 4) is 0 Å². The van der Waals surface area contributed by atoms with Crippen LogP contribution in [0.1, 0.15) is 58.9 Å². The van der Waals surface area contributed by atoms with E-state index in [1.54, 1.807) is 0 Å². The van der Waals surface area contributed by atoms with Gasteiger partial charge in [0.15, 0.2) is 0 Å². The molecule has 2 aliphatic rings. The summed E-state index contributed by atoms with van der Waals surface area (Å²) in [4.78, 5) is 27.8. The molecule has 34 heavy (non-hydrogen) atoms. The average Bonchev–Trinajstić information content (AvgIpc) is 2.80. The Morgan fingerprint density at radius 3 is 1.62 bits per heavy atom. The summed E-state index contributed by atoms with van der Waals surface area (Å²) in [5, 5.41) is 6.72. The van der Waals surface area contributed by atoms with E-state index in [-0.39, 0.29) is 25.0 Å². The predicted molar refractivity (Wildman–Crippen MR) is 133 cm³/mol. The molecule has 0 spiro atoms. The van der Waals surface area contributed by atoms with Crippen LogP contribution in [0.5, 0.6) is 0 Å². The van der Waals surface area contributed by atoms with Gasteiger partial charge in [0.05, 0.1) is 13.1 Å². The van der Waals surface area contributed by atoms with Gasteiger partial charge in [0.1, 0.15) is 11.2 Å². The van der Waals surface area contributed by atoms with Crippen LogP contribution in [0.2, 0.25) is 0 Å². The number of piperidine rings is 2. The van der Waals surface area contributed by atoms with Crippen molar-refractivity contribution in [1.29, 1.82) is 0 Å². The Bertz CT molecular complexity index is 738. The zero-order valence-electron chi connectivity index (χ0n) is 21.4. The summed E-state index contributed by atoms with van der Waals surface area (Å²) in [5.74, 6) is 0.0572. The fraction of sp³-hybridized carbons (Fsp3) is 0.704. The Morgan fingerprint density at radius 2 is 1.21 bits per heavy atom. The average molecular weight is 474 g/mol. The van der Waals surface area contributed by atoms with E-state index in [0.29, 0.717) is 18.4 Å². The van der Waals surface area contributed by atoms with Crippen molar-refractivity contribution in [2.45, 2.75) is 71.1 Å². The van der Waals surface area contributed by atoms with Crippen LogP contribution in [0, 0.1) is 11.8 Å². The Hall–Kier alpha value is -1.96. The van der Waals surface area contributed by atoms with Gasteiger partial charge < -0.3 is 20.1 Å². The highest BCUT2D eigenvalue weighted by Gasteiger charge is 2.36. The number of esters is 2. The number of rotatable bonds is 10. The minimum atomic E-state index is -0.533. The van der Waals surface area contributed by atoms with Crippen molar-refractivity contribution in [1.82, 2.24) is 15.5 Å². The first-order chi connectivity index (χ1) is 16.2. The van der Waals surface area contributed by atoms with Gasteiger partial charge in [-0.15, -0.1) is 0 Å². The maximum atomic E-state index is 13.0. The number of nitrogens with one attached hydrogen (secondary N) is 2. The van der Waals surface area contributed by atoms with E-state index in [1.165, 1.54) is 0 Å². The molecular formula is C27H43N3O4. The zero-order valence-corrected chi connectivity index (χ0v) is 21.4. The Morgan fingerprint density at radius 1 is 0.794 bits per heavy atom. The summed E-state index contributed by atoms with van der Waals surface area (Å²) in [7, 11) is 0. The second kappa shape index (κ2) is 12.1. The van der Waals surface area contributed by atoms with Crippen molar-refractivity contribution < 1.29 is 19.1 Å². The molecule has 2 saturated heterocycles. The summed E-state index contributed by atoms with van der Waals surface area (Å²) in [6.45, 7) is 12.4. The van der Waals surface area contributed by atoms with Gasteiger partial charge in [-0.25, -0.2) is 0 Å². The highest BCUT2D eigenvalue weighted by Crippen LogP contribution is 2.30. The molecule has 0 amide bonds. The van der Waals surface area contributed by atoms with Gasteiger partial charge >= 0.3 is 11.9 Å². The molecule has 0 bridgehead atoms. The van der Waals surface area contributed by atoms with Crippen LogP contribution >= 0.6 is 0 Å². The van der Waals surface area contributed by atoms with Gasteiger partial charge in [-0.1, -0.05) is 30.3 Å². The Labute approximate surface area is 204 Å². The largest absolute Gasteiger partial charge is 0.458 e. The van der Waals surface area contributed by atoms with Gasteiger partial charge in [-0.2, -0.15) is 0 Å². The number of nitrogens with zero attached hydrogens (tertiary/aromatic N) is 1. The summed E-state index contributed by atoms with van der Waals surface area (Å²) < 4.78 is 11.9. The van der Waals surface area contributed by atoms with Gasteiger partial charge in [0, 0.05) is 18.4 Å². The topological polar surface area (TPSA) is 79.9 Å². The Balaban J connectivity index is 1.62. The first kappa shape index (κ1) is 26.6. The molecule has 190 valence electrons. The van der Waals surface area contributed by atoms with Crippen molar-refractivity contribution in [3.05, 3.63) is 35.9 Å². The van der Waals surface area contributed by atoms with Crippen LogP contribution in [0.3, 0.4) is 0 Å². The van der Waals surface area contributed by atoms with E-state index in [1.807, 2.05) is 62.9 Å². The number of carbonyl (C=O) groups excluding carboxylic acids is 2. The number of hydrogen-bond acceptors (Lipinski definition) is 7. The molecule has 2 N–H and O–H groups in total. The highest BCUT2D eigenvalue weighted by atomic mass is 16.6. The molecule has 7 heteroatoms. The second-order valence-electron chi connectivity index (χ2n) is 10.8. The lowest BCUT2D eigenvalue weighted by atomic mass is 9.83. The molecule has 2 heterocycles. The quantitative estimate of drug-likeness (QED) is 0.506. The second-order valence-corrected chi connectivity index (χ2v) is 10.8. The molecule has 0 radical (unpaired) electrons. The van der Waals surface area contributed by atoms with Gasteiger partial charge in [0.2, 0.25) is 0 Å². The molecule has 3 rings (SSSR count). The minimum absolute atomic E-state index is 0.0478. The van der Waals surface area contributed by atoms with E-state index in [0.717, 1.165) is 57.4 Å². The highest BCUT2D eigenvalue weighted by molar-refractivity contribution is 5.75. The smallest absolute Gasteiger partial charge is 0.320 e. The van der Waals surface area contributed by atoms with Gasteiger partial charge in [0.25, 0.3) is 0 Å². The van der Waals surface area contributed by atoms with Crippen molar-refractivity contribution in [3.63, 3.8) is 0 Å². The lowest BCUT2D eigenvalue weighted by Gasteiger charge is -2.38. The maximum Gasteiger partial charge on any atom is 0.320 e. The fourth-order valence-corrected chi connectivity index (χ4v) is 5.23. The molecule has 2 aliphatic heterocycles. The van der Waals surface area contributed by atoms with E-state index in [4.69, 9.17) is 9.47 Å². The Kier molecular flexibility index (Phi) is 9.51. The van der Waals surface area contributed by atoms with E-state index >= 15 is 0 Å². The maximum absolute atomic E-state index is 13.0. The van der Waals surface area contributed by atoms with Crippen LogP contribution in [0.25, 0.3) is 0 Å². The SMILES string of the molecule is CC(C)(OC(=O)CN(CC(=O)OC(C)(C)C1CCNCC1)Cc1ccccc1)C1CCNCC1. The lowest BCUT2D eigenvalue weighted by molar-refractivity contribution is -0.168. The molecule has 7 nitrogen and oxygen atoms in total. The third kappa shape index (κ3) is 8.07. The van der Waals surface area contributed by atoms with Crippen LogP contribution in [-0.2, 0) is 25.6 Å². The third-order valence-electron chi connectivity index (χ3n) is 7.35. The summed E-state index contributed by atoms with van der Waals surface area (Å²) in [6, 6.07) is 9.89. The third-order valence-corrected chi connectivity index (χ3v) is 7.35. The van der Waals surface area contributed by atoms with Crippen molar-refractivity contribution >= 4 is 11.9 Å². The first-order valence-electron chi connectivity index (χ1n) is 12.8. The normalized spacial score (nSPS) is 18.6. The number of carbonyl (C=O) groups is 2. The number of benzene rings is 1. The van der Waals surface area contributed by atoms with Crippen LogP contribution < -0.4 is 10.6 Å². The first-order valence-corrected chi connectivity index (χ1v) is 12.8. The minimum Gasteiger partial charge on any atom is -0.458 e. The zero-order chi connectivity index (χ0) is 24.6. The van der Waals surface area contributed by atoms with Gasteiger partial charge in [-0.3, -0.25) is 14.5 Å². The molecule has 0 aliphatic carbocycles. The summed E-state index contributed by atoms with van der Waals surface area (Å²) >= 11 is 0. The van der Waals surface area contributed by atoms with Crippen LogP contribution in [-0.4, -0.2) is 67.3 Å². The van der Waals surface area contributed by atoms with Gasteiger partial charge in [-0.05, 0) is 85.1 Å². The van der Waals surface area contributed by atoms with Crippen LogP contribution in [0.15, 0.2) is 30.3 Å². The molecule has 2 fully saturated rings. The fourth-order valence-electron chi connectivity index (χ4n) is 5.23. The van der Waals surface area contributed by atoms with Crippen molar-refractivity contribution in [2.24, 2.45) is 11.8 Å². The number of hydrogen-bond donors (Lipinski definition) is 2. The predicted octanol–water partition coefficient (Wildman–Crippen LogP) is 3.13. The molecule has 0 atom stereocenters. The molecule has 0 saturated carbocycles. The monoisotopic (exact) mass is 473 g/mol. The van der Waals surface area contributed by atoms with E-state index in [9.17, 15) is 9.59 Å². The molecule has 0 unspecified atom stereocenters. The molecule has 0 aromatic heterocycles. The van der Waals surface area contributed by atoms with Crippen molar-refractivity contribution in [2.75, 3.05) is 39.3 Å². The van der Waals surface area contributed by atoms with Crippen LogP contribution in [0.4, 0.5) is 0 Å². The molecular weight excluding hydrogens is 430 g/mol.